The monoisotopic (exact) mass is 461 g/mol. The number of nitrogens with one attached hydrogen (secondary N) is 2. The van der Waals surface area contributed by atoms with Crippen LogP contribution in [0.4, 0.5) is 26.3 Å². The third-order valence-electron chi connectivity index (χ3n) is 4.28. The lowest BCUT2D eigenvalue weighted by Crippen LogP contribution is -2.49. The van der Waals surface area contributed by atoms with Gasteiger partial charge in [0.1, 0.15) is 17.3 Å². The second-order valence-electron chi connectivity index (χ2n) is 6.44. The molecule has 3 rings (SSSR count). The SMILES string of the molecule is O=C(NC(CO)C(F)(F)F)c1cc(-c2ccc(C(F)(F)F)cc2)nn(-c2cn[nH]c2)c1=O. The van der Waals surface area contributed by atoms with E-state index in [2.05, 4.69) is 15.3 Å². The molecule has 1 atom stereocenters. The van der Waals surface area contributed by atoms with Gasteiger partial charge in [0, 0.05) is 11.8 Å². The standard InChI is InChI=1S/C18H13F6N5O3/c19-17(20,21)10-3-1-9(2-4-10)13-5-12(15(31)27-14(8-30)18(22,23)24)16(32)29(28-13)11-6-25-26-7-11/h1-7,14,30H,8H2,(H,25,26)(H,27,31). The zero-order valence-corrected chi connectivity index (χ0v) is 15.7. The first-order valence-electron chi connectivity index (χ1n) is 8.71. The molecule has 14 heteroatoms. The van der Waals surface area contributed by atoms with Gasteiger partial charge in [-0.3, -0.25) is 14.7 Å². The number of aliphatic hydroxyl groups is 1. The van der Waals surface area contributed by atoms with Crippen molar-refractivity contribution in [2.75, 3.05) is 6.61 Å². The number of amides is 1. The largest absolute Gasteiger partial charge is 0.416 e. The van der Waals surface area contributed by atoms with Gasteiger partial charge in [-0.15, -0.1) is 0 Å². The number of hydrogen-bond acceptors (Lipinski definition) is 5. The molecule has 1 unspecified atom stereocenters. The average Bonchev–Trinajstić information content (AvgIpc) is 3.25. The number of alkyl halides is 6. The maximum absolute atomic E-state index is 12.9. The summed E-state index contributed by atoms with van der Waals surface area (Å²) in [5.74, 6) is -1.46. The number of aromatic nitrogens is 4. The van der Waals surface area contributed by atoms with Crippen molar-refractivity contribution in [2.45, 2.75) is 18.4 Å². The smallest absolute Gasteiger partial charge is 0.394 e. The van der Waals surface area contributed by atoms with Crippen LogP contribution in [0.3, 0.4) is 0 Å². The Hall–Kier alpha value is -3.68. The fraction of sp³-hybridized carbons (Fsp3) is 0.222. The van der Waals surface area contributed by atoms with E-state index >= 15 is 0 Å². The lowest BCUT2D eigenvalue weighted by molar-refractivity contribution is -0.161. The number of rotatable bonds is 5. The topological polar surface area (TPSA) is 113 Å². The Balaban J connectivity index is 2.11. The molecule has 0 aliphatic rings. The van der Waals surface area contributed by atoms with Crippen molar-refractivity contribution in [1.82, 2.24) is 25.3 Å². The van der Waals surface area contributed by atoms with Crippen LogP contribution >= 0.6 is 0 Å². The van der Waals surface area contributed by atoms with E-state index in [1.54, 1.807) is 0 Å². The Morgan fingerprint density at radius 2 is 1.81 bits per heavy atom. The van der Waals surface area contributed by atoms with Crippen molar-refractivity contribution < 1.29 is 36.2 Å². The third-order valence-corrected chi connectivity index (χ3v) is 4.28. The molecule has 1 amide bonds. The van der Waals surface area contributed by atoms with Crippen LogP contribution < -0.4 is 10.9 Å². The van der Waals surface area contributed by atoms with E-state index in [0.29, 0.717) is 4.68 Å². The quantitative estimate of drug-likeness (QED) is 0.505. The number of halogens is 6. The summed E-state index contributed by atoms with van der Waals surface area (Å²) < 4.78 is 77.8. The van der Waals surface area contributed by atoms with Gasteiger partial charge >= 0.3 is 12.4 Å². The van der Waals surface area contributed by atoms with Crippen LogP contribution in [0.5, 0.6) is 0 Å². The first kappa shape index (κ1) is 23.0. The molecule has 0 aliphatic carbocycles. The molecule has 170 valence electrons. The summed E-state index contributed by atoms with van der Waals surface area (Å²) >= 11 is 0. The van der Waals surface area contributed by atoms with E-state index in [0.717, 1.165) is 36.5 Å². The number of nitrogens with zero attached hydrogens (tertiary/aromatic N) is 3. The molecule has 0 saturated carbocycles. The lowest BCUT2D eigenvalue weighted by Gasteiger charge is -2.19. The molecule has 0 spiro atoms. The molecule has 0 saturated heterocycles. The highest BCUT2D eigenvalue weighted by atomic mass is 19.4. The molecular formula is C18H13F6N5O3. The van der Waals surface area contributed by atoms with Gasteiger partial charge in [-0.1, -0.05) is 12.1 Å². The van der Waals surface area contributed by atoms with E-state index in [-0.39, 0.29) is 16.9 Å². The van der Waals surface area contributed by atoms with E-state index in [9.17, 15) is 35.9 Å². The molecule has 32 heavy (non-hydrogen) atoms. The second-order valence-corrected chi connectivity index (χ2v) is 6.44. The van der Waals surface area contributed by atoms with Crippen LogP contribution in [-0.2, 0) is 6.18 Å². The summed E-state index contributed by atoms with van der Waals surface area (Å²) in [5.41, 5.74) is -2.95. The summed E-state index contributed by atoms with van der Waals surface area (Å²) in [7, 11) is 0. The van der Waals surface area contributed by atoms with Crippen LogP contribution in [0.2, 0.25) is 0 Å². The minimum atomic E-state index is -4.99. The number of carbonyl (C=O) groups is 1. The van der Waals surface area contributed by atoms with Crippen LogP contribution in [0.25, 0.3) is 16.9 Å². The normalized spacial score (nSPS) is 13.1. The van der Waals surface area contributed by atoms with Crippen molar-refractivity contribution in [3.05, 3.63) is 64.2 Å². The summed E-state index contributed by atoms with van der Waals surface area (Å²) in [6.45, 7) is -1.47. The zero-order valence-electron chi connectivity index (χ0n) is 15.7. The van der Waals surface area contributed by atoms with Gasteiger partial charge in [-0.25, -0.2) is 0 Å². The lowest BCUT2D eigenvalue weighted by atomic mass is 10.1. The van der Waals surface area contributed by atoms with Gasteiger partial charge in [-0.05, 0) is 18.2 Å². The Morgan fingerprint density at radius 1 is 1.16 bits per heavy atom. The van der Waals surface area contributed by atoms with Crippen LogP contribution in [0, 0.1) is 0 Å². The van der Waals surface area contributed by atoms with Gasteiger partial charge in [-0.2, -0.15) is 41.2 Å². The fourth-order valence-electron chi connectivity index (χ4n) is 2.63. The predicted octanol–water partition coefficient (Wildman–Crippen LogP) is 2.29. The highest BCUT2D eigenvalue weighted by Crippen LogP contribution is 2.30. The molecule has 3 N–H and O–H groups in total. The molecule has 0 aliphatic heterocycles. The zero-order chi connectivity index (χ0) is 23.7. The number of H-pyrrole nitrogens is 1. The van der Waals surface area contributed by atoms with Gasteiger partial charge < -0.3 is 10.4 Å². The minimum Gasteiger partial charge on any atom is -0.394 e. The number of benzene rings is 1. The predicted molar refractivity (Wildman–Crippen MR) is 96.8 cm³/mol. The van der Waals surface area contributed by atoms with Gasteiger partial charge in [0.25, 0.3) is 11.5 Å². The fourth-order valence-corrected chi connectivity index (χ4v) is 2.63. The summed E-state index contributed by atoms with van der Waals surface area (Å²) in [4.78, 5) is 25.1. The van der Waals surface area contributed by atoms with E-state index < -0.39 is 47.6 Å². The van der Waals surface area contributed by atoms with Crippen molar-refractivity contribution in [3.63, 3.8) is 0 Å². The molecule has 0 fully saturated rings. The number of aliphatic hydroxyl groups excluding tert-OH is 1. The van der Waals surface area contributed by atoms with E-state index in [1.807, 2.05) is 0 Å². The number of hydrogen-bond donors (Lipinski definition) is 3. The Morgan fingerprint density at radius 3 is 2.31 bits per heavy atom. The van der Waals surface area contributed by atoms with Crippen molar-refractivity contribution in [3.8, 4) is 16.9 Å². The molecular weight excluding hydrogens is 448 g/mol. The van der Waals surface area contributed by atoms with Gasteiger partial charge in [0.05, 0.1) is 24.1 Å². The average molecular weight is 461 g/mol. The third kappa shape index (κ3) is 4.80. The summed E-state index contributed by atoms with van der Waals surface area (Å²) in [5, 5.41) is 20.4. The maximum Gasteiger partial charge on any atom is 0.416 e. The van der Waals surface area contributed by atoms with Gasteiger partial charge in [0.2, 0.25) is 0 Å². The second kappa shape index (κ2) is 8.45. The first-order valence-corrected chi connectivity index (χ1v) is 8.71. The molecule has 0 radical (unpaired) electrons. The molecule has 2 heterocycles. The highest BCUT2D eigenvalue weighted by molar-refractivity contribution is 5.95. The molecule has 8 nitrogen and oxygen atoms in total. The summed E-state index contributed by atoms with van der Waals surface area (Å²) in [6, 6.07) is 1.76. The van der Waals surface area contributed by atoms with Crippen LogP contribution in [0.1, 0.15) is 15.9 Å². The van der Waals surface area contributed by atoms with Crippen molar-refractivity contribution in [1.29, 1.82) is 0 Å². The Kier molecular flexibility index (Phi) is 6.07. The molecule has 1 aromatic carbocycles. The minimum absolute atomic E-state index is 0.0207. The van der Waals surface area contributed by atoms with E-state index in [4.69, 9.17) is 5.11 Å². The first-order chi connectivity index (χ1) is 14.9. The van der Waals surface area contributed by atoms with E-state index in [1.165, 1.54) is 11.5 Å². The summed E-state index contributed by atoms with van der Waals surface area (Å²) in [6.07, 6.45) is -7.25. The highest BCUT2D eigenvalue weighted by Gasteiger charge is 2.40. The number of aromatic amines is 1. The van der Waals surface area contributed by atoms with Crippen LogP contribution in [-0.4, -0.2) is 49.8 Å². The Bertz CT molecular complexity index is 1150. The maximum atomic E-state index is 12.9. The number of carbonyl (C=O) groups excluding carboxylic acids is 1. The van der Waals surface area contributed by atoms with Crippen molar-refractivity contribution in [2.24, 2.45) is 0 Å². The van der Waals surface area contributed by atoms with Crippen molar-refractivity contribution >= 4 is 5.91 Å². The molecule has 3 aromatic rings. The van der Waals surface area contributed by atoms with Crippen LogP contribution in [0.15, 0.2) is 47.5 Å². The molecule has 2 aromatic heterocycles. The Labute approximate surface area is 174 Å². The molecule has 0 bridgehead atoms. The van der Waals surface area contributed by atoms with Gasteiger partial charge in [0.15, 0.2) is 0 Å².